The summed E-state index contributed by atoms with van der Waals surface area (Å²) in [5, 5.41) is 12.8. The van der Waals surface area contributed by atoms with E-state index in [4.69, 9.17) is 0 Å². The van der Waals surface area contributed by atoms with E-state index in [0.29, 0.717) is 10.6 Å². The number of hydrogen-bond donors (Lipinski definition) is 1. The molecule has 2 aromatic rings. The molecule has 2 aromatic heterocycles. The Morgan fingerprint density at radius 2 is 1.90 bits per heavy atom. The highest BCUT2D eigenvalue weighted by atomic mass is 32.1. The van der Waals surface area contributed by atoms with Gasteiger partial charge in [0.25, 0.3) is 5.56 Å². The van der Waals surface area contributed by atoms with Gasteiger partial charge < -0.3 is 9.88 Å². The largest absolute Gasteiger partial charge is 0.358 e. The van der Waals surface area contributed by atoms with Crippen LogP contribution in [0.5, 0.6) is 0 Å². The van der Waals surface area contributed by atoms with Crippen molar-refractivity contribution < 1.29 is 0 Å². The van der Waals surface area contributed by atoms with Crippen molar-refractivity contribution >= 4 is 16.5 Å². The second-order valence-electron chi connectivity index (χ2n) is 6.46. The van der Waals surface area contributed by atoms with E-state index in [1.165, 1.54) is 11.3 Å². The van der Waals surface area contributed by atoms with E-state index >= 15 is 0 Å². The van der Waals surface area contributed by atoms with E-state index in [0.717, 1.165) is 10.8 Å². The molecule has 2 heterocycles. The minimum atomic E-state index is -0.0715. The molecule has 0 aliphatic carbocycles. The summed E-state index contributed by atoms with van der Waals surface area (Å²) in [6, 6.07) is 4.13. The van der Waals surface area contributed by atoms with Gasteiger partial charge in [0.05, 0.1) is 5.56 Å². The second-order valence-corrected chi connectivity index (χ2v) is 7.44. The number of anilines is 1. The van der Waals surface area contributed by atoms with Crippen molar-refractivity contribution in [3.8, 4) is 10.6 Å². The number of nitrogens with zero attached hydrogens (tertiary/aromatic N) is 3. The highest BCUT2D eigenvalue weighted by Crippen LogP contribution is 2.26. The molecular formula is C15H22N4OS. The molecule has 0 atom stereocenters. The third-order valence-electron chi connectivity index (χ3n) is 3.14. The van der Waals surface area contributed by atoms with Crippen LogP contribution >= 0.6 is 11.3 Å². The van der Waals surface area contributed by atoms with Gasteiger partial charge in [0.1, 0.15) is 0 Å². The summed E-state index contributed by atoms with van der Waals surface area (Å²) in [4.78, 5) is 12.5. The SMILES string of the molecule is CC(C)Nc1nnc(-c2ccc(C(C)(C)C)n(C)c2=O)s1. The zero-order valence-electron chi connectivity index (χ0n) is 13.4. The predicted octanol–water partition coefficient (Wildman–Crippen LogP) is 3.02. The van der Waals surface area contributed by atoms with Crippen molar-refractivity contribution in [3.05, 3.63) is 28.2 Å². The van der Waals surface area contributed by atoms with Crippen LogP contribution in [-0.4, -0.2) is 20.8 Å². The molecule has 0 aliphatic rings. The third-order valence-corrected chi connectivity index (χ3v) is 4.03. The maximum atomic E-state index is 12.5. The summed E-state index contributed by atoms with van der Waals surface area (Å²) >= 11 is 1.40. The first kappa shape index (κ1) is 15.7. The van der Waals surface area contributed by atoms with Crippen molar-refractivity contribution in [3.63, 3.8) is 0 Å². The molecule has 1 N–H and O–H groups in total. The first-order chi connectivity index (χ1) is 9.70. The Kier molecular flexibility index (Phi) is 4.18. The summed E-state index contributed by atoms with van der Waals surface area (Å²) in [5.74, 6) is 0. The van der Waals surface area contributed by atoms with Crippen LogP contribution in [0.2, 0.25) is 0 Å². The van der Waals surface area contributed by atoms with E-state index in [9.17, 15) is 4.79 Å². The van der Waals surface area contributed by atoms with E-state index < -0.39 is 0 Å². The molecular weight excluding hydrogens is 284 g/mol. The number of pyridine rings is 1. The molecule has 0 aliphatic heterocycles. The number of hydrogen-bond acceptors (Lipinski definition) is 5. The van der Waals surface area contributed by atoms with Gasteiger partial charge in [-0.2, -0.15) is 0 Å². The first-order valence-electron chi connectivity index (χ1n) is 7.01. The lowest BCUT2D eigenvalue weighted by atomic mass is 9.91. The molecule has 0 radical (unpaired) electrons. The third kappa shape index (κ3) is 3.32. The molecule has 0 spiro atoms. The van der Waals surface area contributed by atoms with Crippen LogP contribution < -0.4 is 10.9 Å². The molecule has 0 fully saturated rings. The lowest BCUT2D eigenvalue weighted by molar-refractivity contribution is 0.531. The van der Waals surface area contributed by atoms with Crippen molar-refractivity contribution in [1.29, 1.82) is 0 Å². The van der Waals surface area contributed by atoms with Crippen LogP contribution in [0.4, 0.5) is 5.13 Å². The summed E-state index contributed by atoms with van der Waals surface area (Å²) in [6.07, 6.45) is 0. The Balaban J connectivity index is 2.44. The van der Waals surface area contributed by atoms with Gasteiger partial charge >= 0.3 is 0 Å². The van der Waals surface area contributed by atoms with Crippen LogP contribution in [0.25, 0.3) is 10.6 Å². The topological polar surface area (TPSA) is 59.8 Å². The standard InChI is InChI=1S/C15H22N4OS/c1-9(2)16-14-18-17-12(21-14)10-7-8-11(15(3,4)5)19(6)13(10)20/h7-9H,1-6H3,(H,16,18). The minimum absolute atomic E-state index is 0.0327. The fraction of sp³-hybridized carbons (Fsp3) is 0.533. The molecule has 0 saturated heterocycles. The zero-order chi connectivity index (χ0) is 15.8. The van der Waals surface area contributed by atoms with E-state index in [-0.39, 0.29) is 17.0 Å². The maximum absolute atomic E-state index is 12.5. The highest BCUT2D eigenvalue weighted by Gasteiger charge is 2.20. The Morgan fingerprint density at radius 1 is 1.24 bits per heavy atom. The molecule has 0 aromatic carbocycles. The van der Waals surface area contributed by atoms with Crippen molar-refractivity contribution in [2.45, 2.75) is 46.1 Å². The monoisotopic (exact) mass is 306 g/mol. The Hall–Kier alpha value is -1.69. The normalized spacial score (nSPS) is 12.0. The summed E-state index contributed by atoms with van der Waals surface area (Å²) in [5.41, 5.74) is 1.49. The molecule has 0 bridgehead atoms. The summed E-state index contributed by atoms with van der Waals surface area (Å²) in [7, 11) is 1.81. The van der Waals surface area contributed by atoms with Gasteiger partial charge in [-0.15, -0.1) is 10.2 Å². The quantitative estimate of drug-likeness (QED) is 0.947. The van der Waals surface area contributed by atoms with Gasteiger partial charge in [0, 0.05) is 24.2 Å². The predicted molar refractivity (Wildman–Crippen MR) is 88.0 cm³/mol. The number of aromatic nitrogens is 3. The lowest BCUT2D eigenvalue weighted by Crippen LogP contribution is -2.28. The van der Waals surface area contributed by atoms with Crippen LogP contribution in [0.1, 0.15) is 40.3 Å². The fourth-order valence-corrected chi connectivity index (χ4v) is 3.10. The molecule has 0 unspecified atom stereocenters. The molecule has 114 valence electrons. The van der Waals surface area contributed by atoms with Crippen LogP contribution in [0.15, 0.2) is 16.9 Å². The summed E-state index contributed by atoms with van der Waals surface area (Å²) in [6.45, 7) is 10.4. The van der Waals surface area contributed by atoms with Crippen molar-refractivity contribution in [1.82, 2.24) is 14.8 Å². The van der Waals surface area contributed by atoms with Gasteiger partial charge in [-0.25, -0.2) is 0 Å². The number of nitrogens with one attached hydrogen (secondary N) is 1. The van der Waals surface area contributed by atoms with E-state index in [1.807, 2.05) is 26.0 Å². The highest BCUT2D eigenvalue weighted by molar-refractivity contribution is 7.18. The van der Waals surface area contributed by atoms with E-state index in [2.05, 4.69) is 36.3 Å². The average Bonchev–Trinajstić information content (AvgIpc) is 2.78. The molecule has 6 heteroatoms. The minimum Gasteiger partial charge on any atom is -0.358 e. The molecule has 5 nitrogen and oxygen atoms in total. The van der Waals surface area contributed by atoms with Crippen LogP contribution in [0.3, 0.4) is 0 Å². The van der Waals surface area contributed by atoms with Gasteiger partial charge in [0.2, 0.25) is 5.13 Å². The van der Waals surface area contributed by atoms with Crippen molar-refractivity contribution in [2.24, 2.45) is 7.05 Å². The smallest absolute Gasteiger partial charge is 0.260 e. The first-order valence-corrected chi connectivity index (χ1v) is 7.82. The van der Waals surface area contributed by atoms with Gasteiger partial charge in [0.15, 0.2) is 5.01 Å². The summed E-state index contributed by atoms with van der Waals surface area (Å²) < 4.78 is 1.70. The van der Waals surface area contributed by atoms with Crippen LogP contribution in [0, 0.1) is 0 Å². The Labute approximate surface area is 129 Å². The van der Waals surface area contributed by atoms with Gasteiger partial charge in [-0.3, -0.25) is 4.79 Å². The molecule has 0 saturated carbocycles. The molecule has 2 rings (SSSR count). The van der Waals surface area contributed by atoms with Crippen LogP contribution in [-0.2, 0) is 12.5 Å². The zero-order valence-corrected chi connectivity index (χ0v) is 14.2. The molecule has 0 amide bonds. The molecule has 21 heavy (non-hydrogen) atoms. The van der Waals surface area contributed by atoms with Gasteiger partial charge in [-0.05, 0) is 26.0 Å². The lowest BCUT2D eigenvalue weighted by Gasteiger charge is -2.22. The fourth-order valence-electron chi connectivity index (χ4n) is 2.19. The number of rotatable bonds is 3. The Morgan fingerprint density at radius 3 is 2.48 bits per heavy atom. The second kappa shape index (κ2) is 5.60. The van der Waals surface area contributed by atoms with Gasteiger partial charge in [-0.1, -0.05) is 32.1 Å². The maximum Gasteiger partial charge on any atom is 0.260 e. The average molecular weight is 306 g/mol. The van der Waals surface area contributed by atoms with Crippen molar-refractivity contribution in [2.75, 3.05) is 5.32 Å². The Bertz CT molecular complexity index is 694. The van der Waals surface area contributed by atoms with E-state index in [1.54, 1.807) is 11.6 Å².